The van der Waals surface area contributed by atoms with E-state index in [-0.39, 0.29) is 5.91 Å². The molecule has 0 radical (unpaired) electrons. The molecule has 18 heavy (non-hydrogen) atoms. The third kappa shape index (κ3) is 3.09. The van der Waals surface area contributed by atoms with E-state index in [9.17, 15) is 9.59 Å². The topological polar surface area (TPSA) is 63.4 Å². The van der Waals surface area contributed by atoms with E-state index in [0.717, 1.165) is 18.4 Å². The number of hydrogen-bond acceptors (Lipinski definition) is 2. The van der Waals surface area contributed by atoms with Gasteiger partial charge in [-0.3, -0.25) is 9.59 Å². The van der Waals surface area contributed by atoms with Gasteiger partial charge in [0.2, 0.25) is 5.91 Å². The molecule has 1 rings (SSSR count). The number of carbonyl (C=O) groups is 2. The molecule has 0 bridgehead atoms. The zero-order chi connectivity index (χ0) is 13.7. The minimum absolute atomic E-state index is 0.152. The number of carbonyl (C=O) groups excluding carboxylic acids is 2. The van der Waals surface area contributed by atoms with Gasteiger partial charge in [0.15, 0.2) is 0 Å². The van der Waals surface area contributed by atoms with Crippen molar-refractivity contribution in [3.8, 4) is 0 Å². The van der Waals surface area contributed by atoms with Crippen molar-refractivity contribution in [3.05, 3.63) is 34.9 Å². The Labute approximate surface area is 108 Å². The number of hydrogen-bond donors (Lipinski definition) is 1. The van der Waals surface area contributed by atoms with Crippen LogP contribution in [0.1, 0.15) is 46.0 Å². The smallest absolute Gasteiger partial charge is 0.254 e. The first-order valence-corrected chi connectivity index (χ1v) is 6.14. The van der Waals surface area contributed by atoms with Crippen LogP contribution >= 0.6 is 0 Å². The van der Waals surface area contributed by atoms with Gasteiger partial charge in [-0.1, -0.05) is 25.5 Å². The highest BCUT2D eigenvalue weighted by Gasteiger charge is 2.19. The van der Waals surface area contributed by atoms with E-state index in [1.54, 1.807) is 37.1 Å². The number of rotatable bonds is 5. The Hall–Kier alpha value is -1.84. The van der Waals surface area contributed by atoms with Gasteiger partial charge in [0.05, 0.1) is 11.1 Å². The van der Waals surface area contributed by atoms with E-state index in [0.29, 0.717) is 17.7 Å². The quantitative estimate of drug-likeness (QED) is 0.865. The van der Waals surface area contributed by atoms with Crippen molar-refractivity contribution in [3.63, 3.8) is 0 Å². The zero-order valence-corrected chi connectivity index (χ0v) is 11.2. The lowest BCUT2D eigenvalue weighted by atomic mass is 10.0. The van der Waals surface area contributed by atoms with Crippen molar-refractivity contribution in [2.45, 2.75) is 26.7 Å². The van der Waals surface area contributed by atoms with Crippen LogP contribution in [-0.2, 0) is 0 Å². The molecule has 0 aromatic heterocycles. The summed E-state index contributed by atoms with van der Waals surface area (Å²) in [6.07, 6.45) is 1.97. The third-order valence-electron chi connectivity index (χ3n) is 2.94. The van der Waals surface area contributed by atoms with Gasteiger partial charge in [-0.2, -0.15) is 0 Å². The molecule has 2 N–H and O–H groups in total. The summed E-state index contributed by atoms with van der Waals surface area (Å²) in [7, 11) is 1.74. The molecule has 0 spiro atoms. The van der Waals surface area contributed by atoms with E-state index in [1.165, 1.54) is 0 Å². The van der Waals surface area contributed by atoms with Crippen molar-refractivity contribution in [2.24, 2.45) is 5.73 Å². The molecule has 0 saturated heterocycles. The number of nitrogens with two attached hydrogens (primary N) is 1. The van der Waals surface area contributed by atoms with Crippen molar-refractivity contribution in [1.82, 2.24) is 4.90 Å². The first-order chi connectivity index (χ1) is 8.49. The summed E-state index contributed by atoms with van der Waals surface area (Å²) >= 11 is 0. The van der Waals surface area contributed by atoms with Crippen molar-refractivity contribution in [1.29, 1.82) is 0 Å². The van der Waals surface area contributed by atoms with E-state index < -0.39 is 5.91 Å². The normalized spacial score (nSPS) is 10.2. The van der Waals surface area contributed by atoms with Crippen LogP contribution in [0.3, 0.4) is 0 Å². The monoisotopic (exact) mass is 248 g/mol. The lowest BCUT2D eigenvalue weighted by Gasteiger charge is -2.18. The van der Waals surface area contributed by atoms with Crippen LogP contribution in [0.4, 0.5) is 0 Å². The molecule has 0 heterocycles. The molecule has 4 nitrogen and oxygen atoms in total. The molecule has 0 fully saturated rings. The molecule has 98 valence electrons. The second-order valence-electron chi connectivity index (χ2n) is 4.44. The van der Waals surface area contributed by atoms with E-state index in [4.69, 9.17) is 5.73 Å². The van der Waals surface area contributed by atoms with Gasteiger partial charge in [-0.25, -0.2) is 0 Å². The maximum atomic E-state index is 12.2. The second-order valence-corrected chi connectivity index (χ2v) is 4.44. The van der Waals surface area contributed by atoms with E-state index in [1.807, 2.05) is 0 Å². The molecular weight excluding hydrogens is 228 g/mol. The Kier molecular flexibility index (Phi) is 4.89. The molecule has 0 saturated carbocycles. The largest absolute Gasteiger partial charge is 0.366 e. The summed E-state index contributed by atoms with van der Waals surface area (Å²) in [6.45, 7) is 4.53. The lowest BCUT2D eigenvalue weighted by molar-refractivity contribution is 0.0787. The first kappa shape index (κ1) is 14.2. The SMILES string of the molecule is CCCCN(C)C(=O)c1cccc(C)c1C(N)=O. The van der Waals surface area contributed by atoms with Crippen LogP contribution in [0.2, 0.25) is 0 Å². The van der Waals surface area contributed by atoms with Crippen LogP contribution in [0.25, 0.3) is 0 Å². The summed E-state index contributed by atoms with van der Waals surface area (Å²) in [4.78, 5) is 25.3. The predicted octanol–water partition coefficient (Wildman–Crippen LogP) is 1.97. The molecule has 0 atom stereocenters. The molecule has 0 aliphatic heterocycles. The maximum Gasteiger partial charge on any atom is 0.254 e. The average Bonchev–Trinajstić information content (AvgIpc) is 2.34. The Morgan fingerprint density at radius 1 is 1.33 bits per heavy atom. The fourth-order valence-corrected chi connectivity index (χ4v) is 1.88. The highest BCUT2D eigenvalue weighted by atomic mass is 16.2. The number of primary amides is 1. The molecule has 1 aromatic rings. The molecule has 0 aliphatic carbocycles. The zero-order valence-electron chi connectivity index (χ0n) is 11.2. The number of aryl methyl sites for hydroxylation is 1. The van der Waals surface area contributed by atoms with Gasteiger partial charge in [-0.15, -0.1) is 0 Å². The summed E-state index contributed by atoms with van der Waals surface area (Å²) in [6, 6.07) is 5.20. The van der Waals surface area contributed by atoms with Gasteiger partial charge in [0.1, 0.15) is 0 Å². The van der Waals surface area contributed by atoms with E-state index >= 15 is 0 Å². The van der Waals surface area contributed by atoms with Gasteiger partial charge in [0, 0.05) is 13.6 Å². The van der Waals surface area contributed by atoms with Gasteiger partial charge in [0.25, 0.3) is 5.91 Å². The van der Waals surface area contributed by atoms with E-state index in [2.05, 4.69) is 6.92 Å². The van der Waals surface area contributed by atoms with Crippen LogP contribution < -0.4 is 5.73 Å². The molecule has 4 heteroatoms. The Morgan fingerprint density at radius 3 is 2.56 bits per heavy atom. The van der Waals surface area contributed by atoms with Crippen LogP contribution in [0, 0.1) is 6.92 Å². The highest BCUT2D eigenvalue weighted by molar-refractivity contribution is 6.07. The lowest BCUT2D eigenvalue weighted by Crippen LogP contribution is -2.30. The third-order valence-corrected chi connectivity index (χ3v) is 2.94. The van der Waals surface area contributed by atoms with Gasteiger partial charge >= 0.3 is 0 Å². The van der Waals surface area contributed by atoms with Gasteiger partial charge in [-0.05, 0) is 25.0 Å². The van der Waals surface area contributed by atoms with Crippen LogP contribution in [0.5, 0.6) is 0 Å². The minimum Gasteiger partial charge on any atom is -0.366 e. The van der Waals surface area contributed by atoms with Gasteiger partial charge < -0.3 is 10.6 Å². The molecule has 2 amide bonds. The van der Waals surface area contributed by atoms with Crippen molar-refractivity contribution >= 4 is 11.8 Å². The summed E-state index contributed by atoms with van der Waals surface area (Å²) < 4.78 is 0. The number of benzene rings is 1. The number of amides is 2. The van der Waals surface area contributed by atoms with Crippen molar-refractivity contribution < 1.29 is 9.59 Å². The fraction of sp³-hybridized carbons (Fsp3) is 0.429. The minimum atomic E-state index is -0.555. The van der Waals surface area contributed by atoms with Crippen LogP contribution in [0.15, 0.2) is 18.2 Å². The van der Waals surface area contributed by atoms with Crippen molar-refractivity contribution in [2.75, 3.05) is 13.6 Å². The maximum absolute atomic E-state index is 12.2. The Balaban J connectivity index is 3.05. The fourth-order valence-electron chi connectivity index (χ4n) is 1.88. The number of nitrogens with zero attached hydrogens (tertiary/aromatic N) is 1. The molecular formula is C14H20N2O2. The molecule has 1 aromatic carbocycles. The summed E-state index contributed by atoms with van der Waals surface area (Å²) in [5.41, 5.74) is 6.79. The Bertz CT molecular complexity index is 455. The second kappa shape index (κ2) is 6.19. The summed E-state index contributed by atoms with van der Waals surface area (Å²) in [5.74, 6) is -0.707. The first-order valence-electron chi connectivity index (χ1n) is 6.14. The Morgan fingerprint density at radius 2 is 2.00 bits per heavy atom. The number of unbranched alkanes of at least 4 members (excludes halogenated alkanes) is 1. The average molecular weight is 248 g/mol. The standard InChI is InChI=1S/C14H20N2O2/c1-4-5-9-16(3)14(18)11-8-6-7-10(2)12(11)13(15)17/h6-8H,4-5,9H2,1-3H3,(H2,15,17). The predicted molar refractivity (Wildman–Crippen MR) is 71.6 cm³/mol. The highest BCUT2D eigenvalue weighted by Crippen LogP contribution is 2.15. The molecule has 0 unspecified atom stereocenters. The molecule has 0 aliphatic rings. The summed E-state index contributed by atoms with van der Waals surface area (Å²) in [5, 5.41) is 0. The van der Waals surface area contributed by atoms with Crippen LogP contribution in [-0.4, -0.2) is 30.3 Å².